The maximum absolute atomic E-state index is 13.1. The van der Waals surface area contributed by atoms with E-state index in [1.807, 2.05) is 0 Å². The Labute approximate surface area is 158 Å². The van der Waals surface area contributed by atoms with E-state index in [1.165, 1.54) is 0 Å². The van der Waals surface area contributed by atoms with Gasteiger partial charge in [0.1, 0.15) is 11.6 Å². The number of rotatable bonds is 4. The van der Waals surface area contributed by atoms with Crippen LogP contribution in [0.2, 0.25) is 0 Å². The Balaban J connectivity index is 0.000000260. The highest BCUT2D eigenvalue weighted by Crippen LogP contribution is 2.23. The van der Waals surface area contributed by atoms with Crippen LogP contribution in [0.5, 0.6) is 0 Å². The molecule has 0 spiro atoms. The van der Waals surface area contributed by atoms with Crippen LogP contribution in [0.3, 0.4) is 0 Å². The van der Waals surface area contributed by atoms with Crippen LogP contribution < -0.4 is 0 Å². The fraction of sp³-hybridized carbons (Fsp3) is 0.500. The van der Waals surface area contributed by atoms with Gasteiger partial charge in [-0.2, -0.15) is 0 Å². The zero-order chi connectivity index (χ0) is 20.0. The number of halogens is 2. The molecule has 0 aliphatic heterocycles. The summed E-state index contributed by atoms with van der Waals surface area (Å²) in [6.07, 6.45) is 0. The van der Waals surface area contributed by atoms with Gasteiger partial charge in [0, 0.05) is 0 Å². The third-order valence-corrected chi connectivity index (χ3v) is 4.55. The van der Waals surface area contributed by atoms with E-state index in [9.17, 15) is 8.78 Å². The molecular formula is C24H34F2. The van der Waals surface area contributed by atoms with Crippen LogP contribution in [-0.4, -0.2) is 0 Å². The van der Waals surface area contributed by atoms with Gasteiger partial charge in [-0.1, -0.05) is 67.5 Å². The maximum atomic E-state index is 13.1. The minimum Gasteiger partial charge on any atom is -0.207 e. The summed E-state index contributed by atoms with van der Waals surface area (Å²) in [5.74, 6) is 1.35. The first-order valence-electron chi connectivity index (χ1n) is 9.62. The van der Waals surface area contributed by atoms with E-state index in [-0.39, 0.29) is 11.6 Å². The molecule has 0 fully saturated rings. The molecule has 144 valence electrons. The van der Waals surface area contributed by atoms with Crippen molar-refractivity contribution in [1.82, 2.24) is 0 Å². The fourth-order valence-corrected chi connectivity index (χ4v) is 2.61. The predicted octanol–water partition coefficient (Wildman–Crippen LogP) is 8.15. The zero-order valence-electron chi connectivity index (χ0n) is 17.5. The number of hydrogen-bond donors (Lipinski definition) is 0. The molecule has 0 bridgehead atoms. The second kappa shape index (κ2) is 9.85. The van der Waals surface area contributed by atoms with Crippen molar-refractivity contribution >= 4 is 0 Å². The average molecular weight is 361 g/mol. The van der Waals surface area contributed by atoms with Crippen molar-refractivity contribution in [3.8, 4) is 0 Å². The highest BCUT2D eigenvalue weighted by Gasteiger charge is 2.07. The summed E-state index contributed by atoms with van der Waals surface area (Å²) >= 11 is 0. The largest absolute Gasteiger partial charge is 0.207 e. The molecule has 0 heterocycles. The van der Waals surface area contributed by atoms with Gasteiger partial charge in [-0.25, -0.2) is 8.78 Å². The summed E-state index contributed by atoms with van der Waals surface area (Å²) in [7, 11) is 0. The van der Waals surface area contributed by atoms with Crippen LogP contribution in [0.1, 0.15) is 101 Å². The molecule has 0 nitrogen and oxygen atoms in total. The van der Waals surface area contributed by atoms with Gasteiger partial charge in [-0.15, -0.1) is 0 Å². The van der Waals surface area contributed by atoms with Gasteiger partial charge in [0.05, 0.1) is 0 Å². The molecule has 0 atom stereocenters. The SMILES string of the molecule is CC(C)c1cc(F)cc(C(C)C)c1.CC(C)c1cc(F)cc(C(C)C)c1. The van der Waals surface area contributed by atoms with E-state index >= 15 is 0 Å². The average Bonchev–Trinajstić information content (AvgIpc) is 2.54. The summed E-state index contributed by atoms with van der Waals surface area (Å²) in [5, 5.41) is 0. The van der Waals surface area contributed by atoms with Gasteiger partial charge in [0.25, 0.3) is 0 Å². The van der Waals surface area contributed by atoms with Crippen LogP contribution in [0.4, 0.5) is 8.78 Å². The lowest BCUT2D eigenvalue weighted by Crippen LogP contribution is -1.94. The number of benzene rings is 2. The minimum atomic E-state index is -0.116. The highest BCUT2D eigenvalue weighted by molar-refractivity contribution is 5.29. The fourth-order valence-electron chi connectivity index (χ4n) is 2.61. The van der Waals surface area contributed by atoms with Crippen LogP contribution >= 0.6 is 0 Å². The van der Waals surface area contributed by atoms with Crippen molar-refractivity contribution in [2.24, 2.45) is 0 Å². The molecule has 0 aliphatic carbocycles. The first-order chi connectivity index (χ1) is 12.0. The zero-order valence-corrected chi connectivity index (χ0v) is 17.5. The number of hydrogen-bond acceptors (Lipinski definition) is 0. The lowest BCUT2D eigenvalue weighted by atomic mass is 9.96. The van der Waals surface area contributed by atoms with Gasteiger partial charge < -0.3 is 0 Å². The molecule has 0 aliphatic rings. The van der Waals surface area contributed by atoms with Crippen molar-refractivity contribution in [2.75, 3.05) is 0 Å². The molecule has 2 rings (SSSR count). The van der Waals surface area contributed by atoms with E-state index in [2.05, 4.69) is 67.5 Å². The Morgan fingerprint density at radius 2 is 0.615 bits per heavy atom. The molecule has 0 saturated heterocycles. The van der Waals surface area contributed by atoms with E-state index < -0.39 is 0 Å². The van der Waals surface area contributed by atoms with E-state index in [4.69, 9.17) is 0 Å². The van der Waals surface area contributed by atoms with Crippen LogP contribution in [0, 0.1) is 11.6 Å². The molecule has 2 heteroatoms. The highest BCUT2D eigenvalue weighted by atomic mass is 19.1. The maximum Gasteiger partial charge on any atom is 0.123 e. The summed E-state index contributed by atoms with van der Waals surface area (Å²) in [6, 6.07) is 10.7. The summed E-state index contributed by atoms with van der Waals surface area (Å²) in [4.78, 5) is 0. The summed E-state index contributed by atoms with van der Waals surface area (Å²) in [6.45, 7) is 16.7. The second-order valence-electron chi connectivity index (χ2n) is 8.25. The first kappa shape index (κ1) is 22.3. The summed E-state index contributed by atoms with van der Waals surface area (Å²) < 4.78 is 26.3. The Morgan fingerprint density at radius 3 is 0.769 bits per heavy atom. The molecule has 2 aromatic carbocycles. The van der Waals surface area contributed by atoms with Gasteiger partial charge >= 0.3 is 0 Å². The molecule has 26 heavy (non-hydrogen) atoms. The van der Waals surface area contributed by atoms with Crippen molar-refractivity contribution in [3.63, 3.8) is 0 Å². The Kier molecular flexibility index (Phi) is 8.46. The van der Waals surface area contributed by atoms with Gasteiger partial charge in [0.15, 0.2) is 0 Å². The van der Waals surface area contributed by atoms with Gasteiger partial charge in [0.2, 0.25) is 0 Å². The third-order valence-electron chi connectivity index (χ3n) is 4.55. The molecule has 0 radical (unpaired) electrons. The topological polar surface area (TPSA) is 0 Å². The lowest BCUT2D eigenvalue weighted by Gasteiger charge is -2.11. The molecule has 0 aromatic heterocycles. The normalized spacial score (nSPS) is 11.3. The smallest absolute Gasteiger partial charge is 0.123 e. The lowest BCUT2D eigenvalue weighted by molar-refractivity contribution is 0.618. The summed E-state index contributed by atoms with van der Waals surface area (Å²) in [5.41, 5.74) is 4.35. The molecule has 0 N–H and O–H groups in total. The standard InChI is InChI=1S/2C12H17F/c2*1-8(2)10-5-11(9(3)4)7-12(13)6-10/h2*5-9H,1-4H3. The van der Waals surface area contributed by atoms with E-state index in [0.717, 1.165) is 22.3 Å². The van der Waals surface area contributed by atoms with Gasteiger partial charge in [-0.3, -0.25) is 0 Å². The van der Waals surface area contributed by atoms with Crippen LogP contribution in [0.25, 0.3) is 0 Å². The van der Waals surface area contributed by atoms with Crippen LogP contribution in [-0.2, 0) is 0 Å². The van der Waals surface area contributed by atoms with Crippen LogP contribution in [0.15, 0.2) is 36.4 Å². The molecule has 0 amide bonds. The molecule has 2 aromatic rings. The Bertz CT molecular complexity index is 583. The quantitative estimate of drug-likeness (QED) is 0.516. The predicted molar refractivity (Wildman–Crippen MR) is 109 cm³/mol. The van der Waals surface area contributed by atoms with Gasteiger partial charge in [-0.05, 0) is 70.2 Å². The third kappa shape index (κ3) is 6.90. The minimum absolute atomic E-state index is 0.116. The van der Waals surface area contributed by atoms with E-state index in [0.29, 0.717) is 23.7 Å². The second-order valence-corrected chi connectivity index (χ2v) is 8.25. The van der Waals surface area contributed by atoms with E-state index in [1.54, 1.807) is 24.3 Å². The Morgan fingerprint density at radius 1 is 0.423 bits per heavy atom. The monoisotopic (exact) mass is 360 g/mol. The Hall–Kier alpha value is -1.70. The van der Waals surface area contributed by atoms with Crippen molar-refractivity contribution < 1.29 is 8.78 Å². The van der Waals surface area contributed by atoms with Crippen molar-refractivity contribution in [3.05, 3.63) is 70.3 Å². The first-order valence-corrected chi connectivity index (χ1v) is 9.62. The van der Waals surface area contributed by atoms with Crippen molar-refractivity contribution in [2.45, 2.75) is 79.1 Å². The molecule has 0 saturated carbocycles. The van der Waals surface area contributed by atoms with Crippen molar-refractivity contribution in [1.29, 1.82) is 0 Å². The molecule has 0 unspecified atom stereocenters. The molecular weight excluding hydrogens is 326 g/mol.